The number of aromatic nitrogens is 4. The molecule has 2 aromatic rings. The Morgan fingerprint density at radius 2 is 2.29 bits per heavy atom. The summed E-state index contributed by atoms with van der Waals surface area (Å²) in [5, 5.41) is 12.0. The molecule has 24 heavy (non-hydrogen) atoms. The summed E-state index contributed by atoms with van der Waals surface area (Å²) in [5.74, 6) is -0.0257. The first-order valence-corrected chi connectivity index (χ1v) is 9.16. The number of anilines is 1. The fourth-order valence-corrected chi connectivity index (χ4v) is 3.32. The topological polar surface area (TPSA) is 110 Å². The van der Waals surface area contributed by atoms with Crippen molar-refractivity contribution in [1.29, 1.82) is 0 Å². The Hall–Kier alpha value is -1.94. The van der Waals surface area contributed by atoms with Crippen molar-refractivity contribution in [3.63, 3.8) is 0 Å². The average Bonchev–Trinajstić information content (AvgIpc) is 2.99. The summed E-state index contributed by atoms with van der Waals surface area (Å²) in [6.07, 6.45) is 2.99. The standard InChI is InChI=1S/C14H19N5O3S2/c1-4-5-6-11-18-19-14(24-11)17-12(21)8(2)23-13-15-9(20)7-10(16-13)22-3/h7-8H,4-6H2,1-3H3,(H,15,16,20)(H,17,19,21)/t8-/m1/s1. The molecule has 0 fully saturated rings. The second kappa shape index (κ2) is 8.78. The van der Waals surface area contributed by atoms with E-state index in [2.05, 4.69) is 32.4 Å². The Bertz CT molecular complexity index is 746. The number of hydrogen-bond acceptors (Lipinski definition) is 8. The van der Waals surface area contributed by atoms with Gasteiger partial charge in [0.2, 0.25) is 16.9 Å². The molecule has 2 aromatic heterocycles. The molecule has 0 saturated heterocycles. The van der Waals surface area contributed by atoms with Crippen LogP contribution < -0.4 is 15.6 Å². The number of amides is 1. The van der Waals surface area contributed by atoms with Gasteiger partial charge in [-0.15, -0.1) is 10.2 Å². The van der Waals surface area contributed by atoms with Crippen LogP contribution in [-0.2, 0) is 11.2 Å². The van der Waals surface area contributed by atoms with Crippen LogP contribution in [0.2, 0.25) is 0 Å². The van der Waals surface area contributed by atoms with Crippen LogP contribution in [0, 0.1) is 0 Å². The van der Waals surface area contributed by atoms with E-state index >= 15 is 0 Å². The number of aryl methyl sites for hydroxylation is 1. The van der Waals surface area contributed by atoms with Crippen LogP contribution in [0.4, 0.5) is 5.13 Å². The number of H-pyrrole nitrogens is 1. The number of aromatic amines is 1. The molecule has 0 saturated carbocycles. The van der Waals surface area contributed by atoms with E-state index in [9.17, 15) is 9.59 Å². The third kappa shape index (κ3) is 5.31. The SMILES string of the molecule is CCCCc1nnc(NC(=O)[C@@H](C)Sc2nc(OC)cc(=O)[nH]2)s1. The molecular formula is C14H19N5O3S2. The van der Waals surface area contributed by atoms with Crippen LogP contribution in [0.5, 0.6) is 5.88 Å². The van der Waals surface area contributed by atoms with Gasteiger partial charge in [-0.25, -0.2) is 0 Å². The largest absolute Gasteiger partial charge is 0.481 e. The van der Waals surface area contributed by atoms with Gasteiger partial charge in [-0.1, -0.05) is 36.4 Å². The van der Waals surface area contributed by atoms with Gasteiger partial charge in [-0.3, -0.25) is 14.9 Å². The maximum absolute atomic E-state index is 12.2. The molecule has 0 unspecified atom stereocenters. The number of thioether (sulfide) groups is 1. The van der Waals surface area contributed by atoms with Crippen molar-refractivity contribution in [3.05, 3.63) is 21.4 Å². The van der Waals surface area contributed by atoms with Crippen molar-refractivity contribution in [2.24, 2.45) is 0 Å². The Kier molecular flexibility index (Phi) is 6.73. The lowest BCUT2D eigenvalue weighted by Crippen LogP contribution is -2.23. The zero-order valence-electron chi connectivity index (χ0n) is 13.7. The number of carbonyl (C=O) groups is 1. The highest BCUT2D eigenvalue weighted by molar-refractivity contribution is 8.00. The Morgan fingerprint density at radius 3 is 3.00 bits per heavy atom. The van der Waals surface area contributed by atoms with Gasteiger partial charge in [0, 0.05) is 6.42 Å². The van der Waals surface area contributed by atoms with Crippen LogP contribution in [-0.4, -0.2) is 38.4 Å². The van der Waals surface area contributed by atoms with Crippen molar-refractivity contribution >= 4 is 34.1 Å². The van der Waals surface area contributed by atoms with E-state index in [1.54, 1.807) is 6.92 Å². The number of rotatable bonds is 8. The Morgan fingerprint density at radius 1 is 1.50 bits per heavy atom. The normalized spacial score (nSPS) is 12.0. The molecule has 1 amide bonds. The third-order valence-corrected chi connectivity index (χ3v) is 4.89. The van der Waals surface area contributed by atoms with Gasteiger partial charge in [0.05, 0.1) is 18.4 Å². The van der Waals surface area contributed by atoms with E-state index in [4.69, 9.17) is 4.74 Å². The van der Waals surface area contributed by atoms with Crippen molar-refractivity contribution in [1.82, 2.24) is 20.2 Å². The minimum atomic E-state index is -0.469. The van der Waals surface area contributed by atoms with Crippen LogP contribution >= 0.6 is 23.1 Å². The van der Waals surface area contributed by atoms with Gasteiger partial charge in [0.1, 0.15) is 5.01 Å². The van der Waals surface area contributed by atoms with Gasteiger partial charge >= 0.3 is 0 Å². The predicted molar refractivity (Wildman–Crippen MR) is 93.9 cm³/mol. The highest BCUT2D eigenvalue weighted by Gasteiger charge is 2.18. The van der Waals surface area contributed by atoms with E-state index in [1.807, 2.05) is 0 Å². The molecule has 10 heteroatoms. The van der Waals surface area contributed by atoms with Crippen molar-refractivity contribution < 1.29 is 9.53 Å². The van der Waals surface area contributed by atoms with Crippen LogP contribution in [0.15, 0.2) is 16.0 Å². The Balaban J connectivity index is 1.95. The Labute approximate surface area is 147 Å². The van der Waals surface area contributed by atoms with E-state index in [1.165, 1.54) is 24.5 Å². The summed E-state index contributed by atoms with van der Waals surface area (Å²) in [4.78, 5) is 30.4. The van der Waals surface area contributed by atoms with Crippen LogP contribution in [0.25, 0.3) is 0 Å². The van der Waals surface area contributed by atoms with E-state index < -0.39 is 5.25 Å². The molecule has 0 aliphatic carbocycles. The van der Waals surface area contributed by atoms with Crippen molar-refractivity contribution in [3.8, 4) is 5.88 Å². The first-order chi connectivity index (χ1) is 11.5. The zero-order chi connectivity index (χ0) is 17.5. The zero-order valence-corrected chi connectivity index (χ0v) is 15.3. The molecule has 2 heterocycles. The van der Waals surface area contributed by atoms with Crippen LogP contribution in [0.3, 0.4) is 0 Å². The average molecular weight is 369 g/mol. The number of carbonyl (C=O) groups excluding carboxylic acids is 1. The first-order valence-electron chi connectivity index (χ1n) is 7.47. The first kappa shape index (κ1) is 18.4. The fraction of sp³-hybridized carbons (Fsp3) is 0.500. The number of hydrogen-bond donors (Lipinski definition) is 2. The second-order valence-corrected chi connectivity index (χ2v) is 7.34. The molecule has 0 radical (unpaired) electrons. The van der Waals surface area contributed by atoms with E-state index in [0.29, 0.717) is 10.3 Å². The van der Waals surface area contributed by atoms with Gasteiger partial charge < -0.3 is 9.72 Å². The molecular weight excluding hydrogens is 350 g/mol. The number of methoxy groups -OCH3 is 1. The number of nitrogens with zero attached hydrogens (tertiary/aromatic N) is 3. The minimum absolute atomic E-state index is 0.207. The van der Waals surface area contributed by atoms with Gasteiger partial charge in [-0.2, -0.15) is 4.98 Å². The van der Waals surface area contributed by atoms with Gasteiger partial charge in [0.15, 0.2) is 5.16 Å². The summed E-state index contributed by atoms with van der Waals surface area (Å²) >= 11 is 2.51. The molecule has 0 aliphatic rings. The van der Waals surface area contributed by atoms with E-state index in [0.717, 1.165) is 36.0 Å². The molecule has 0 aromatic carbocycles. The smallest absolute Gasteiger partial charge is 0.255 e. The maximum Gasteiger partial charge on any atom is 0.255 e. The summed E-state index contributed by atoms with van der Waals surface area (Å²) in [6, 6.07) is 1.24. The van der Waals surface area contributed by atoms with Gasteiger partial charge in [0.25, 0.3) is 5.56 Å². The summed E-state index contributed by atoms with van der Waals surface area (Å²) < 4.78 is 4.95. The fourth-order valence-electron chi connectivity index (χ4n) is 1.74. The molecule has 130 valence electrons. The lowest BCUT2D eigenvalue weighted by atomic mass is 10.3. The second-order valence-electron chi connectivity index (χ2n) is 4.95. The van der Waals surface area contributed by atoms with E-state index in [-0.39, 0.29) is 17.3 Å². The number of nitrogens with one attached hydrogen (secondary N) is 2. The van der Waals surface area contributed by atoms with Crippen molar-refractivity contribution in [2.75, 3.05) is 12.4 Å². The van der Waals surface area contributed by atoms with Crippen LogP contribution in [0.1, 0.15) is 31.7 Å². The molecule has 8 nitrogen and oxygen atoms in total. The summed E-state index contributed by atoms with van der Waals surface area (Å²) in [5.41, 5.74) is -0.332. The monoisotopic (exact) mass is 369 g/mol. The molecule has 0 aliphatic heterocycles. The highest BCUT2D eigenvalue weighted by atomic mass is 32.2. The number of ether oxygens (including phenoxy) is 1. The predicted octanol–water partition coefficient (Wildman–Crippen LogP) is 2.09. The molecule has 1 atom stereocenters. The molecule has 2 N–H and O–H groups in total. The minimum Gasteiger partial charge on any atom is -0.481 e. The maximum atomic E-state index is 12.2. The van der Waals surface area contributed by atoms with Gasteiger partial charge in [-0.05, 0) is 13.3 Å². The quantitative estimate of drug-likeness (QED) is 0.541. The highest BCUT2D eigenvalue weighted by Crippen LogP contribution is 2.22. The van der Waals surface area contributed by atoms with Crippen molar-refractivity contribution in [2.45, 2.75) is 43.5 Å². The lowest BCUT2D eigenvalue weighted by molar-refractivity contribution is -0.115. The molecule has 0 bridgehead atoms. The lowest BCUT2D eigenvalue weighted by Gasteiger charge is -2.09. The molecule has 2 rings (SSSR count). The molecule has 0 spiro atoms. The number of unbranched alkanes of at least 4 members (excludes halogenated alkanes) is 1. The summed E-state index contributed by atoms with van der Waals surface area (Å²) in [6.45, 7) is 3.83. The summed E-state index contributed by atoms with van der Waals surface area (Å²) in [7, 11) is 1.43. The third-order valence-electron chi connectivity index (χ3n) is 3.00.